The molecule has 5 nitrogen and oxygen atoms in total. The first-order valence-corrected chi connectivity index (χ1v) is 9.16. The molecule has 1 fully saturated rings. The molecular formula is C20H31N2O3+. The number of benzene rings is 1. The molecule has 1 saturated heterocycles. The van der Waals surface area contributed by atoms with Gasteiger partial charge >= 0.3 is 0 Å². The second-order valence-electron chi connectivity index (χ2n) is 6.64. The van der Waals surface area contributed by atoms with Gasteiger partial charge in [0, 0.05) is 30.7 Å². The van der Waals surface area contributed by atoms with Crippen molar-refractivity contribution in [2.75, 3.05) is 33.9 Å². The average Bonchev–Trinajstić information content (AvgIpc) is 2.64. The molecule has 5 heteroatoms. The van der Waals surface area contributed by atoms with Gasteiger partial charge in [0.05, 0.1) is 33.4 Å². The van der Waals surface area contributed by atoms with E-state index in [0.29, 0.717) is 5.75 Å². The Morgan fingerprint density at radius 2 is 2.16 bits per heavy atom. The Bertz CT molecular complexity index is 586. The highest BCUT2D eigenvalue weighted by Crippen LogP contribution is 2.25. The molecule has 1 aliphatic rings. The van der Waals surface area contributed by atoms with Gasteiger partial charge in [-0.2, -0.15) is 0 Å². The van der Waals surface area contributed by atoms with Crippen LogP contribution in [0.5, 0.6) is 11.5 Å². The number of hydrogen-bond acceptors (Lipinski definition) is 3. The van der Waals surface area contributed by atoms with Gasteiger partial charge in [-0.25, -0.2) is 0 Å². The minimum atomic E-state index is -0.0698. The summed E-state index contributed by atoms with van der Waals surface area (Å²) < 4.78 is 10.5. The molecule has 138 valence electrons. The van der Waals surface area contributed by atoms with Crippen molar-refractivity contribution in [1.29, 1.82) is 0 Å². The van der Waals surface area contributed by atoms with Crippen molar-refractivity contribution in [3.05, 3.63) is 29.8 Å². The van der Waals surface area contributed by atoms with Gasteiger partial charge in [0.2, 0.25) is 5.91 Å². The maximum atomic E-state index is 12.0. The Labute approximate surface area is 151 Å². The van der Waals surface area contributed by atoms with E-state index in [4.69, 9.17) is 9.47 Å². The number of piperidine rings is 1. The van der Waals surface area contributed by atoms with Crippen LogP contribution in [0, 0.1) is 0 Å². The number of rotatable bonds is 8. The number of carbonyl (C=O) groups excluding carboxylic acids is 1. The van der Waals surface area contributed by atoms with Crippen LogP contribution < -0.4 is 19.7 Å². The first-order chi connectivity index (χ1) is 12.1. The van der Waals surface area contributed by atoms with E-state index in [1.165, 1.54) is 25.8 Å². The topological polar surface area (TPSA) is 52.0 Å². The maximum Gasteiger partial charge on any atom is 0.244 e. The monoisotopic (exact) mass is 347 g/mol. The number of quaternary nitrogens is 1. The van der Waals surface area contributed by atoms with Crippen molar-refractivity contribution in [2.45, 2.75) is 38.6 Å². The number of hydrogen-bond donors (Lipinski definition) is 2. The number of ether oxygens (including phenoxy) is 2. The standard InChI is InChI=1S/C20H30N2O3/c1-16-7-4-5-13-22(16)14-6-12-21-20(23)11-9-17-8-10-18(24-2)15-19(17)25-3/h8-11,15-16H,4-7,12-14H2,1-3H3,(H,21,23)/p+1/b11-9+/t16-/m0/s1. The van der Waals surface area contributed by atoms with Crippen LogP contribution in [-0.2, 0) is 4.79 Å². The molecule has 2 atom stereocenters. The minimum absolute atomic E-state index is 0.0698. The normalized spacial score (nSPS) is 20.4. The molecule has 0 spiro atoms. The molecule has 2 rings (SSSR count). The highest BCUT2D eigenvalue weighted by Gasteiger charge is 2.20. The van der Waals surface area contributed by atoms with Crippen LogP contribution in [0.25, 0.3) is 6.08 Å². The third-order valence-electron chi connectivity index (χ3n) is 4.91. The van der Waals surface area contributed by atoms with Gasteiger partial charge in [-0.05, 0) is 44.4 Å². The molecule has 2 N–H and O–H groups in total. The molecule has 1 aromatic carbocycles. The maximum absolute atomic E-state index is 12.0. The van der Waals surface area contributed by atoms with Gasteiger partial charge in [-0.1, -0.05) is 0 Å². The van der Waals surface area contributed by atoms with E-state index in [1.807, 2.05) is 12.1 Å². The Morgan fingerprint density at radius 1 is 1.32 bits per heavy atom. The molecule has 0 aromatic heterocycles. The first-order valence-electron chi connectivity index (χ1n) is 9.16. The highest BCUT2D eigenvalue weighted by atomic mass is 16.5. The summed E-state index contributed by atoms with van der Waals surface area (Å²) in [4.78, 5) is 13.7. The van der Waals surface area contributed by atoms with E-state index < -0.39 is 0 Å². The summed E-state index contributed by atoms with van der Waals surface area (Å²) >= 11 is 0. The zero-order chi connectivity index (χ0) is 18.1. The summed E-state index contributed by atoms with van der Waals surface area (Å²) in [5.41, 5.74) is 0.852. The fourth-order valence-electron chi connectivity index (χ4n) is 3.33. The van der Waals surface area contributed by atoms with Crippen molar-refractivity contribution < 1.29 is 19.2 Å². The molecule has 0 radical (unpaired) electrons. The molecule has 25 heavy (non-hydrogen) atoms. The van der Waals surface area contributed by atoms with E-state index in [1.54, 1.807) is 37.3 Å². The third kappa shape index (κ3) is 6.09. The largest absolute Gasteiger partial charge is 0.497 e. The quantitative estimate of drug-likeness (QED) is 0.556. The number of amides is 1. The number of methoxy groups -OCH3 is 2. The molecule has 1 aliphatic heterocycles. The van der Waals surface area contributed by atoms with Crippen LogP contribution >= 0.6 is 0 Å². The van der Waals surface area contributed by atoms with Crippen molar-refractivity contribution in [2.24, 2.45) is 0 Å². The molecule has 0 saturated carbocycles. The summed E-state index contributed by atoms with van der Waals surface area (Å²) in [7, 11) is 3.22. The smallest absolute Gasteiger partial charge is 0.244 e. The zero-order valence-electron chi connectivity index (χ0n) is 15.6. The summed E-state index contributed by atoms with van der Waals surface area (Å²) in [6, 6.07) is 6.29. The Kier molecular flexibility index (Phi) is 7.79. The fraction of sp³-hybridized carbons (Fsp3) is 0.550. The Morgan fingerprint density at radius 3 is 2.88 bits per heavy atom. The summed E-state index contributed by atoms with van der Waals surface area (Å²) in [6.07, 6.45) is 8.37. The molecule has 0 bridgehead atoms. The Balaban J connectivity index is 1.75. The molecule has 1 unspecified atom stereocenters. The van der Waals surface area contributed by atoms with E-state index in [9.17, 15) is 4.79 Å². The van der Waals surface area contributed by atoms with Gasteiger partial charge in [-0.15, -0.1) is 0 Å². The van der Waals surface area contributed by atoms with Crippen molar-refractivity contribution in [3.8, 4) is 11.5 Å². The van der Waals surface area contributed by atoms with Gasteiger partial charge < -0.3 is 19.7 Å². The first kappa shape index (κ1) is 19.3. The van der Waals surface area contributed by atoms with Crippen LogP contribution in [0.4, 0.5) is 0 Å². The third-order valence-corrected chi connectivity index (χ3v) is 4.91. The van der Waals surface area contributed by atoms with E-state index in [2.05, 4.69) is 12.2 Å². The van der Waals surface area contributed by atoms with Gasteiger partial charge in [0.15, 0.2) is 0 Å². The fourth-order valence-corrected chi connectivity index (χ4v) is 3.33. The van der Waals surface area contributed by atoms with Crippen LogP contribution in [0.2, 0.25) is 0 Å². The van der Waals surface area contributed by atoms with E-state index in [-0.39, 0.29) is 5.91 Å². The van der Waals surface area contributed by atoms with Crippen molar-refractivity contribution in [1.82, 2.24) is 5.32 Å². The molecule has 0 aliphatic carbocycles. The predicted octanol–water partition coefficient (Wildman–Crippen LogP) is 1.68. The SMILES string of the molecule is COc1ccc(/C=C/C(=O)NCCC[NH+]2CCCC[C@@H]2C)c(OC)c1. The highest BCUT2D eigenvalue weighted by molar-refractivity contribution is 5.92. The molecule has 1 heterocycles. The second-order valence-corrected chi connectivity index (χ2v) is 6.64. The molecule has 1 amide bonds. The Hall–Kier alpha value is -2.01. The lowest BCUT2D eigenvalue weighted by molar-refractivity contribution is -0.928. The van der Waals surface area contributed by atoms with Gasteiger partial charge in [-0.3, -0.25) is 4.79 Å². The lowest BCUT2D eigenvalue weighted by atomic mass is 10.0. The number of nitrogens with one attached hydrogen (secondary N) is 2. The van der Waals surface area contributed by atoms with E-state index in [0.717, 1.165) is 36.9 Å². The van der Waals surface area contributed by atoms with Gasteiger partial charge in [0.25, 0.3) is 0 Å². The number of carbonyl (C=O) groups is 1. The summed E-state index contributed by atoms with van der Waals surface area (Å²) in [5.74, 6) is 1.35. The van der Waals surface area contributed by atoms with Crippen molar-refractivity contribution in [3.63, 3.8) is 0 Å². The lowest BCUT2D eigenvalue weighted by Gasteiger charge is -2.30. The second kappa shape index (κ2) is 10.1. The van der Waals surface area contributed by atoms with Crippen LogP contribution in [0.3, 0.4) is 0 Å². The zero-order valence-corrected chi connectivity index (χ0v) is 15.6. The van der Waals surface area contributed by atoms with Crippen molar-refractivity contribution >= 4 is 12.0 Å². The molecule has 1 aromatic rings. The summed E-state index contributed by atoms with van der Waals surface area (Å²) in [5, 5.41) is 2.96. The minimum Gasteiger partial charge on any atom is -0.497 e. The van der Waals surface area contributed by atoms with Crippen LogP contribution in [0.1, 0.15) is 38.2 Å². The lowest BCUT2D eigenvalue weighted by Crippen LogP contribution is -3.16. The predicted molar refractivity (Wildman–Crippen MR) is 100 cm³/mol. The van der Waals surface area contributed by atoms with Gasteiger partial charge in [0.1, 0.15) is 11.5 Å². The molecular weight excluding hydrogens is 316 g/mol. The van der Waals surface area contributed by atoms with E-state index >= 15 is 0 Å². The van der Waals surface area contributed by atoms with Crippen LogP contribution in [-0.4, -0.2) is 45.8 Å². The van der Waals surface area contributed by atoms with Crippen LogP contribution in [0.15, 0.2) is 24.3 Å². The average molecular weight is 347 g/mol. The number of likely N-dealkylation sites (tertiary alicyclic amines) is 1. The summed E-state index contributed by atoms with van der Waals surface area (Å²) in [6.45, 7) is 5.46.